The molecule has 23 heavy (non-hydrogen) atoms. The lowest BCUT2D eigenvalue weighted by molar-refractivity contribution is -0.121. The van der Waals surface area contributed by atoms with Crippen LogP contribution in [0.5, 0.6) is 0 Å². The van der Waals surface area contributed by atoms with Gasteiger partial charge in [-0.25, -0.2) is 4.79 Å². The summed E-state index contributed by atoms with van der Waals surface area (Å²) in [5, 5.41) is 2.61. The predicted octanol–water partition coefficient (Wildman–Crippen LogP) is 0.309. The van der Waals surface area contributed by atoms with Crippen LogP contribution in [0.3, 0.4) is 0 Å². The molecule has 0 fully saturated rings. The molecule has 2 N–H and O–H groups in total. The molecule has 0 aliphatic rings. The molecular formula is C13H22N3O6P. The van der Waals surface area contributed by atoms with E-state index in [0.29, 0.717) is 19.6 Å². The van der Waals surface area contributed by atoms with Crippen molar-refractivity contribution in [2.45, 2.75) is 26.8 Å². The number of hydrogen-bond acceptors (Lipinski definition) is 6. The molecule has 0 spiro atoms. The van der Waals surface area contributed by atoms with Crippen LogP contribution in [0.1, 0.15) is 20.3 Å². The number of nitrogens with zero attached hydrogens (tertiary/aromatic N) is 1. The Morgan fingerprint density at radius 1 is 1.30 bits per heavy atom. The molecule has 130 valence electrons. The molecule has 0 saturated carbocycles. The molecule has 1 aromatic heterocycles. The van der Waals surface area contributed by atoms with Crippen LogP contribution < -0.4 is 16.6 Å². The van der Waals surface area contributed by atoms with E-state index in [1.165, 1.54) is 6.20 Å². The van der Waals surface area contributed by atoms with Crippen molar-refractivity contribution in [1.82, 2.24) is 14.9 Å². The maximum atomic E-state index is 12.2. The second-order valence-electron chi connectivity index (χ2n) is 4.61. The average Bonchev–Trinajstić information content (AvgIpc) is 2.47. The fraction of sp³-hybridized carbons (Fsp3) is 0.615. The molecule has 1 aromatic rings. The fourth-order valence-electron chi connectivity index (χ4n) is 1.84. The van der Waals surface area contributed by atoms with Gasteiger partial charge in [0.15, 0.2) is 0 Å². The summed E-state index contributed by atoms with van der Waals surface area (Å²) in [6.45, 7) is 4.12. The first-order chi connectivity index (χ1) is 10.9. The molecule has 0 atom stereocenters. The third kappa shape index (κ3) is 6.94. The number of aromatic nitrogens is 2. The van der Waals surface area contributed by atoms with Crippen molar-refractivity contribution in [1.29, 1.82) is 0 Å². The largest absolute Gasteiger partial charge is 0.355 e. The van der Waals surface area contributed by atoms with Crippen molar-refractivity contribution in [3.63, 3.8) is 0 Å². The van der Waals surface area contributed by atoms with Gasteiger partial charge in [-0.3, -0.25) is 23.7 Å². The number of H-pyrrole nitrogens is 1. The van der Waals surface area contributed by atoms with Crippen LogP contribution in [0.4, 0.5) is 0 Å². The second kappa shape index (κ2) is 9.44. The smallest absolute Gasteiger partial charge is 0.330 e. The van der Waals surface area contributed by atoms with Crippen LogP contribution in [0.2, 0.25) is 0 Å². The van der Waals surface area contributed by atoms with E-state index in [-0.39, 0.29) is 25.2 Å². The summed E-state index contributed by atoms with van der Waals surface area (Å²) in [6, 6.07) is 1.16. The SMILES string of the molecule is CCOP(=O)(CCCNC(=O)Cn1ccc(=O)[nH]c1=O)OCC. The van der Waals surface area contributed by atoms with Gasteiger partial charge in [0.05, 0.1) is 19.4 Å². The lowest BCUT2D eigenvalue weighted by Crippen LogP contribution is -2.35. The first-order valence-corrected chi connectivity index (χ1v) is 9.07. The Morgan fingerprint density at radius 3 is 2.52 bits per heavy atom. The molecule has 0 unspecified atom stereocenters. The van der Waals surface area contributed by atoms with Crippen molar-refractivity contribution < 1.29 is 18.4 Å². The fourth-order valence-corrected chi connectivity index (χ4v) is 3.50. The quantitative estimate of drug-likeness (QED) is 0.464. The predicted molar refractivity (Wildman–Crippen MR) is 84.7 cm³/mol. The zero-order valence-electron chi connectivity index (χ0n) is 13.2. The van der Waals surface area contributed by atoms with Crippen LogP contribution in [-0.2, 0) is 25.0 Å². The lowest BCUT2D eigenvalue weighted by Gasteiger charge is -2.16. The van der Waals surface area contributed by atoms with Crippen LogP contribution in [0, 0.1) is 0 Å². The van der Waals surface area contributed by atoms with Gasteiger partial charge in [-0.1, -0.05) is 0 Å². The number of nitrogens with one attached hydrogen (secondary N) is 2. The first-order valence-electron chi connectivity index (χ1n) is 7.35. The van der Waals surface area contributed by atoms with Crippen LogP contribution in [0.15, 0.2) is 21.9 Å². The maximum Gasteiger partial charge on any atom is 0.330 e. The van der Waals surface area contributed by atoms with Gasteiger partial charge in [0.1, 0.15) is 6.54 Å². The summed E-state index contributed by atoms with van der Waals surface area (Å²) in [6.07, 6.45) is 1.87. The third-order valence-corrected chi connectivity index (χ3v) is 4.96. The zero-order chi connectivity index (χ0) is 17.3. The monoisotopic (exact) mass is 347 g/mol. The van der Waals surface area contributed by atoms with Crippen LogP contribution >= 0.6 is 7.60 Å². The van der Waals surface area contributed by atoms with E-state index in [4.69, 9.17) is 9.05 Å². The Balaban J connectivity index is 2.40. The van der Waals surface area contributed by atoms with Crippen LogP contribution in [-0.4, -0.2) is 41.4 Å². The van der Waals surface area contributed by atoms with Gasteiger partial charge in [-0.2, -0.15) is 0 Å². The zero-order valence-corrected chi connectivity index (χ0v) is 14.1. The summed E-state index contributed by atoms with van der Waals surface area (Å²) < 4.78 is 23.6. The highest BCUT2D eigenvalue weighted by Gasteiger charge is 2.22. The molecule has 0 aliphatic carbocycles. The van der Waals surface area contributed by atoms with E-state index >= 15 is 0 Å². The van der Waals surface area contributed by atoms with Crippen molar-refractivity contribution in [3.8, 4) is 0 Å². The van der Waals surface area contributed by atoms with Gasteiger partial charge >= 0.3 is 13.3 Å². The number of carbonyl (C=O) groups is 1. The molecule has 0 radical (unpaired) electrons. The second-order valence-corrected chi connectivity index (χ2v) is 6.80. The summed E-state index contributed by atoms with van der Waals surface area (Å²) in [4.78, 5) is 36.2. The number of rotatable bonds is 10. The standard InChI is InChI=1S/C13H22N3O6P/c1-3-21-23(20,22-4-2)9-5-7-14-12(18)10-16-8-6-11(17)15-13(16)19/h6,8H,3-5,7,9-10H2,1-2H3,(H,14,18)(H,15,17,19). The molecular weight excluding hydrogens is 325 g/mol. The summed E-state index contributed by atoms with van der Waals surface area (Å²) in [7, 11) is -3.11. The van der Waals surface area contributed by atoms with Gasteiger partial charge in [0, 0.05) is 18.8 Å². The van der Waals surface area contributed by atoms with E-state index in [2.05, 4.69) is 10.3 Å². The highest BCUT2D eigenvalue weighted by molar-refractivity contribution is 7.53. The Kier molecular flexibility index (Phi) is 7.94. The van der Waals surface area contributed by atoms with Crippen molar-refractivity contribution >= 4 is 13.5 Å². The minimum Gasteiger partial charge on any atom is -0.355 e. The first kappa shape index (κ1) is 19.3. The van der Waals surface area contributed by atoms with Gasteiger partial charge < -0.3 is 14.4 Å². The van der Waals surface area contributed by atoms with E-state index < -0.39 is 18.8 Å². The highest BCUT2D eigenvalue weighted by atomic mass is 31.2. The minimum atomic E-state index is -3.11. The van der Waals surface area contributed by atoms with Crippen LogP contribution in [0.25, 0.3) is 0 Å². The molecule has 1 amide bonds. The number of hydrogen-bond donors (Lipinski definition) is 2. The van der Waals surface area contributed by atoms with Crippen molar-refractivity contribution in [2.24, 2.45) is 0 Å². The molecule has 0 bridgehead atoms. The van der Waals surface area contributed by atoms with Gasteiger partial charge in [0.25, 0.3) is 5.56 Å². The van der Waals surface area contributed by atoms with Gasteiger partial charge in [0.2, 0.25) is 5.91 Å². The lowest BCUT2D eigenvalue weighted by atomic mass is 10.4. The van der Waals surface area contributed by atoms with E-state index in [0.717, 1.165) is 10.6 Å². The number of aromatic amines is 1. The Labute approximate surface area is 133 Å². The van der Waals surface area contributed by atoms with Crippen molar-refractivity contribution in [3.05, 3.63) is 33.1 Å². The van der Waals surface area contributed by atoms with Gasteiger partial charge in [-0.15, -0.1) is 0 Å². The molecule has 9 nitrogen and oxygen atoms in total. The highest BCUT2D eigenvalue weighted by Crippen LogP contribution is 2.48. The average molecular weight is 347 g/mol. The minimum absolute atomic E-state index is 0.202. The molecule has 0 aromatic carbocycles. The molecule has 0 saturated heterocycles. The molecule has 1 heterocycles. The molecule has 10 heteroatoms. The Morgan fingerprint density at radius 2 is 1.96 bits per heavy atom. The summed E-state index contributed by atoms with van der Waals surface area (Å²) in [5.74, 6) is -0.387. The van der Waals surface area contributed by atoms with E-state index in [9.17, 15) is 18.9 Å². The maximum absolute atomic E-state index is 12.2. The topological polar surface area (TPSA) is 119 Å². The number of amides is 1. The Hall–Kier alpha value is -1.70. The Bertz CT molecular complexity index is 658. The van der Waals surface area contributed by atoms with E-state index in [1.54, 1.807) is 13.8 Å². The van der Waals surface area contributed by atoms with Crippen molar-refractivity contribution in [2.75, 3.05) is 25.9 Å². The normalized spacial score (nSPS) is 11.4. The van der Waals surface area contributed by atoms with E-state index in [1.807, 2.05) is 0 Å². The number of carbonyl (C=O) groups excluding carboxylic acids is 1. The van der Waals surface area contributed by atoms with Gasteiger partial charge in [-0.05, 0) is 20.3 Å². The summed E-state index contributed by atoms with van der Waals surface area (Å²) in [5.41, 5.74) is -1.17. The summed E-state index contributed by atoms with van der Waals surface area (Å²) >= 11 is 0. The third-order valence-electron chi connectivity index (χ3n) is 2.79. The molecule has 0 aliphatic heterocycles. The molecule has 1 rings (SSSR count).